The molecule has 3 aromatic rings. The number of H-pyrrole nitrogens is 1. The van der Waals surface area contributed by atoms with Crippen molar-refractivity contribution in [3.05, 3.63) is 89.3 Å². The van der Waals surface area contributed by atoms with Crippen LogP contribution in [-0.4, -0.2) is 15.9 Å². The average molecular weight is 373 g/mol. The summed E-state index contributed by atoms with van der Waals surface area (Å²) < 4.78 is 0. The molecule has 3 N–H and O–H groups in total. The molecule has 0 radical (unpaired) electrons. The quantitative estimate of drug-likeness (QED) is 0.473. The first-order chi connectivity index (χ1) is 13.1. The van der Waals surface area contributed by atoms with E-state index in [4.69, 9.17) is 12.2 Å². The van der Waals surface area contributed by atoms with Crippen LogP contribution in [0.4, 0.5) is 0 Å². The lowest BCUT2D eigenvalue weighted by Crippen LogP contribution is -2.44. The van der Waals surface area contributed by atoms with E-state index in [1.54, 1.807) is 6.08 Å². The van der Waals surface area contributed by atoms with Gasteiger partial charge < -0.3 is 15.6 Å². The third kappa shape index (κ3) is 3.41. The molecule has 134 valence electrons. The van der Waals surface area contributed by atoms with Crippen molar-refractivity contribution in [1.29, 1.82) is 0 Å². The minimum atomic E-state index is -0.264. The number of nitrogens with one attached hydrogen (secondary N) is 3. The van der Waals surface area contributed by atoms with E-state index >= 15 is 0 Å². The molecule has 5 heteroatoms. The number of carbonyl (C=O) groups is 1. The molecule has 0 saturated heterocycles. The summed E-state index contributed by atoms with van der Waals surface area (Å²) in [7, 11) is 0. The highest BCUT2D eigenvalue weighted by Gasteiger charge is 2.28. The number of hydrogen-bond donors (Lipinski definition) is 3. The highest BCUT2D eigenvalue weighted by Crippen LogP contribution is 2.28. The summed E-state index contributed by atoms with van der Waals surface area (Å²) in [5.41, 5.74) is 4.49. The number of para-hydroxylation sites is 1. The molecule has 4 nitrogen and oxygen atoms in total. The summed E-state index contributed by atoms with van der Waals surface area (Å²) in [6, 6.07) is 17.6. The topological polar surface area (TPSA) is 56.9 Å². The molecule has 2 heterocycles. The Morgan fingerprint density at radius 3 is 2.63 bits per heavy atom. The third-order valence-corrected chi connectivity index (χ3v) is 4.92. The lowest BCUT2D eigenvalue weighted by atomic mass is 9.92. The molecule has 0 amide bonds. The van der Waals surface area contributed by atoms with Crippen LogP contribution in [0.1, 0.15) is 24.1 Å². The second-order valence-corrected chi connectivity index (χ2v) is 6.88. The first kappa shape index (κ1) is 17.2. The van der Waals surface area contributed by atoms with Crippen LogP contribution in [0.5, 0.6) is 0 Å². The number of thiocarbonyl (C=S) groups is 1. The lowest BCUT2D eigenvalue weighted by molar-refractivity contribution is -0.111. The van der Waals surface area contributed by atoms with Gasteiger partial charge in [0.05, 0.1) is 6.04 Å². The second kappa shape index (κ2) is 7.21. The van der Waals surface area contributed by atoms with Gasteiger partial charge in [0, 0.05) is 28.4 Å². The van der Waals surface area contributed by atoms with Crippen molar-refractivity contribution in [3.63, 3.8) is 0 Å². The largest absolute Gasteiger partial charge is 0.361 e. The van der Waals surface area contributed by atoms with Gasteiger partial charge in [-0.2, -0.15) is 0 Å². The normalized spacial score (nSPS) is 17.2. The number of allylic oxidation sites excluding steroid dienone is 2. The van der Waals surface area contributed by atoms with Gasteiger partial charge in [0.15, 0.2) is 10.9 Å². The van der Waals surface area contributed by atoms with Gasteiger partial charge in [-0.1, -0.05) is 48.5 Å². The van der Waals surface area contributed by atoms with Gasteiger partial charge in [-0.25, -0.2) is 0 Å². The molecule has 1 aromatic heterocycles. The maximum Gasteiger partial charge on any atom is 0.186 e. The van der Waals surface area contributed by atoms with Gasteiger partial charge in [-0.15, -0.1) is 0 Å². The van der Waals surface area contributed by atoms with Gasteiger partial charge in [0.25, 0.3) is 0 Å². The molecule has 4 rings (SSSR count). The van der Waals surface area contributed by atoms with Crippen LogP contribution in [0.2, 0.25) is 0 Å². The molecule has 2 aromatic carbocycles. The van der Waals surface area contributed by atoms with Crippen LogP contribution in [0.15, 0.2) is 78.1 Å². The maximum absolute atomic E-state index is 13.1. The van der Waals surface area contributed by atoms with Gasteiger partial charge in [0.1, 0.15) is 0 Å². The summed E-state index contributed by atoms with van der Waals surface area (Å²) >= 11 is 5.29. The van der Waals surface area contributed by atoms with Crippen LogP contribution >= 0.6 is 12.2 Å². The molecular weight excluding hydrogens is 354 g/mol. The zero-order valence-electron chi connectivity index (χ0n) is 14.8. The van der Waals surface area contributed by atoms with E-state index in [9.17, 15) is 4.79 Å². The lowest BCUT2D eigenvalue weighted by Gasteiger charge is -2.29. The first-order valence-electron chi connectivity index (χ1n) is 8.75. The molecule has 0 aliphatic carbocycles. The van der Waals surface area contributed by atoms with Crippen LogP contribution < -0.4 is 10.6 Å². The fourth-order valence-corrected chi connectivity index (χ4v) is 3.67. The van der Waals surface area contributed by atoms with Crippen LogP contribution in [-0.2, 0) is 4.79 Å². The summed E-state index contributed by atoms with van der Waals surface area (Å²) in [5, 5.41) is 7.91. The smallest absolute Gasteiger partial charge is 0.186 e. The Hall–Kier alpha value is -3.18. The minimum absolute atomic E-state index is 0.0471. The van der Waals surface area contributed by atoms with Crippen molar-refractivity contribution in [2.45, 2.75) is 13.0 Å². The van der Waals surface area contributed by atoms with Crippen molar-refractivity contribution in [1.82, 2.24) is 15.6 Å². The summed E-state index contributed by atoms with van der Waals surface area (Å²) in [4.78, 5) is 16.3. The predicted octanol–water partition coefficient (Wildman–Crippen LogP) is 4.24. The Morgan fingerprint density at radius 1 is 1.07 bits per heavy atom. The molecule has 0 bridgehead atoms. The monoisotopic (exact) mass is 373 g/mol. The number of aromatic amines is 1. The molecule has 0 fully saturated rings. The zero-order valence-corrected chi connectivity index (χ0v) is 15.6. The molecule has 1 aliphatic heterocycles. The average Bonchev–Trinajstić information content (AvgIpc) is 3.09. The molecule has 1 unspecified atom stereocenters. The highest BCUT2D eigenvalue weighted by atomic mass is 32.1. The van der Waals surface area contributed by atoms with Crippen LogP contribution in [0, 0.1) is 0 Å². The van der Waals surface area contributed by atoms with E-state index in [0.717, 1.165) is 27.7 Å². The van der Waals surface area contributed by atoms with E-state index in [0.29, 0.717) is 10.7 Å². The molecule has 0 saturated carbocycles. The fourth-order valence-electron chi connectivity index (χ4n) is 3.40. The Kier molecular flexibility index (Phi) is 4.60. The van der Waals surface area contributed by atoms with E-state index in [2.05, 4.69) is 15.6 Å². The Balaban J connectivity index is 1.68. The van der Waals surface area contributed by atoms with Gasteiger partial charge in [-0.05, 0) is 48.5 Å². The van der Waals surface area contributed by atoms with Crippen molar-refractivity contribution >= 4 is 40.1 Å². The molecular formula is C22H19N3OS. The van der Waals surface area contributed by atoms with E-state index in [1.807, 2.05) is 73.8 Å². The zero-order chi connectivity index (χ0) is 18.8. The number of fused-ring (bicyclic) bond motifs is 1. The molecule has 1 atom stereocenters. The van der Waals surface area contributed by atoms with Crippen LogP contribution in [0.3, 0.4) is 0 Å². The maximum atomic E-state index is 13.1. The molecule has 27 heavy (non-hydrogen) atoms. The first-order valence-corrected chi connectivity index (χ1v) is 9.16. The fraction of sp³-hybridized carbons (Fsp3) is 0.0909. The van der Waals surface area contributed by atoms with E-state index < -0.39 is 0 Å². The molecule has 1 aliphatic rings. The Morgan fingerprint density at radius 2 is 1.81 bits per heavy atom. The minimum Gasteiger partial charge on any atom is -0.361 e. The van der Waals surface area contributed by atoms with E-state index in [-0.39, 0.29) is 11.8 Å². The van der Waals surface area contributed by atoms with Crippen molar-refractivity contribution in [3.8, 4) is 0 Å². The van der Waals surface area contributed by atoms with Gasteiger partial charge in [-0.3, -0.25) is 4.79 Å². The number of aromatic nitrogens is 1. The van der Waals surface area contributed by atoms with Gasteiger partial charge in [0.2, 0.25) is 0 Å². The predicted molar refractivity (Wildman–Crippen MR) is 113 cm³/mol. The summed E-state index contributed by atoms with van der Waals surface area (Å²) in [6.07, 6.45) is 5.40. The highest BCUT2D eigenvalue weighted by molar-refractivity contribution is 7.80. The van der Waals surface area contributed by atoms with Crippen molar-refractivity contribution in [2.24, 2.45) is 0 Å². The number of rotatable bonds is 4. The molecule has 0 spiro atoms. The van der Waals surface area contributed by atoms with Gasteiger partial charge >= 0.3 is 0 Å². The van der Waals surface area contributed by atoms with Crippen molar-refractivity contribution in [2.75, 3.05) is 0 Å². The van der Waals surface area contributed by atoms with Crippen LogP contribution in [0.25, 0.3) is 17.0 Å². The Labute approximate surface area is 163 Å². The summed E-state index contributed by atoms with van der Waals surface area (Å²) in [5.74, 6) is -0.0471. The number of hydrogen-bond acceptors (Lipinski definition) is 2. The summed E-state index contributed by atoms with van der Waals surface area (Å²) in [6.45, 7) is 1.88. The van der Waals surface area contributed by atoms with E-state index in [1.165, 1.54) is 0 Å². The number of ketones is 1. The number of benzene rings is 2. The standard InChI is InChI=1S/C22H19N3OS/c1-14-20(21(25-22(27)24-14)15-7-3-2-4-8-15)19(26)12-11-16-13-23-18-10-6-5-9-17(16)18/h2-13,21,23H,1H3,(H2,24,25,27)/b12-11+. The number of carbonyl (C=O) groups excluding carboxylic acids is 1. The third-order valence-electron chi connectivity index (χ3n) is 4.70. The Bertz CT molecular complexity index is 1080. The SMILES string of the molecule is CC1=C(C(=O)/C=C/c2c[nH]c3ccccc23)C(c2ccccc2)NC(=S)N1. The second-order valence-electron chi connectivity index (χ2n) is 6.47. The van der Waals surface area contributed by atoms with Crippen molar-refractivity contribution < 1.29 is 4.79 Å².